The molecule has 0 aliphatic heterocycles. The van der Waals surface area contributed by atoms with Crippen molar-refractivity contribution in [2.24, 2.45) is 15.7 Å². The Hall–Kier alpha value is -1.18. The van der Waals surface area contributed by atoms with Gasteiger partial charge in [0.1, 0.15) is 0 Å². The second-order valence-corrected chi connectivity index (χ2v) is 5.44. The Morgan fingerprint density at radius 3 is 2.37 bits per heavy atom. The van der Waals surface area contributed by atoms with Gasteiger partial charge in [0.05, 0.1) is 24.1 Å². The standard InChI is InChI=1S/C12H26N4O3/c1-9(14-17)8-13-6-7-19-16-10(2)11(15-18)12(3,4)5/h10,13,16-18H,6-8H2,1-5H3/b14-9+,15-11+. The lowest BCUT2D eigenvalue weighted by Crippen LogP contribution is -2.41. The molecule has 7 nitrogen and oxygen atoms in total. The molecule has 0 aromatic rings. The van der Waals surface area contributed by atoms with Gasteiger partial charge in [-0.25, -0.2) is 0 Å². The predicted molar refractivity (Wildman–Crippen MR) is 75.0 cm³/mol. The summed E-state index contributed by atoms with van der Waals surface area (Å²) in [6.45, 7) is 11.1. The molecular formula is C12H26N4O3. The van der Waals surface area contributed by atoms with Crippen molar-refractivity contribution in [2.45, 2.75) is 40.7 Å². The number of oxime groups is 2. The van der Waals surface area contributed by atoms with Crippen LogP contribution >= 0.6 is 0 Å². The first-order valence-corrected chi connectivity index (χ1v) is 6.31. The van der Waals surface area contributed by atoms with Crippen LogP contribution in [0.4, 0.5) is 0 Å². The van der Waals surface area contributed by atoms with Crippen molar-refractivity contribution in [2.75, 3.05) is 19.7 Å². The van der Waals surface area contributed by atoms with E-state index in [9.17, 15) is 0 Å². The van der Waals surface area contributed by atoms with Crippen LogP contribution in [0.1, 0.15) is 34.6 Å². The third-order valence-corrected chi connectivity index (χ3v) is 2.48. The lowest BCUT2D eigenvalue weighted by Gasteiger charge is -2.25. The highest BCUT2D eigenvalue weighted by Gasteiger charge is 2.25. The second-order valence-electron chi connectivity index (χ2n) is 5.44. The molecule has 0 aromatic carbocycles. The molecule has 0 saturated heterocycles. The Labute approximate surface area is 114 Å². The Kier molecular flexibility index (Phi) is 8.29. The average Bonchev–Trinajstić information content (AvgIpc) is 2.32. The molecule has 19 heavy (non-hydrogen) atoms. The number of nitrogens with zero attached hydrogens (tertiary/aromatic N) is 2. The van der Waals surface area contributed by atoms with Crippen LogP contribution in [0, 0.1) is 5.41 Å². The van der Waals surface area contributed by atoms with E-state index < -0.39 is 0 Å². The van der Waals surface area contributed by atoms with Gasteiger partial charge in [0, 0.05) is 18.5 Å². The van der Waals surface area contributed by atoms with Gasteiger partial charge >= 0.3 is 0 Å². The van der Waals surface area contributed by atoms with E-state index in [1.165, 1.54) is 0 Å². The fourth-order valence-corrected chi connectivity index (χ4v) is 1.55. The normalized spacial score (nSPS) is 15.6. The van der Waals surface area contributed by atoms with Gasteiger partial charge in [-0.2, -0.15) is 5.48 Å². The minimum Gasteiger partial charge on any atom is -0.411 e. The zero-order valence-corrected chi connectivity index (χ0v) is 12.4. The predicted octanol–water partition coefficient (Wildman–Crippen LogP) is 1.21. The molecule has 0 radical (unpaired) electrons. The summed E-state index contributed by atoms with van der Waals surface area (Å²) < 4.78 is 0. The van der Waals surface area contributed by atoms with E-state index in [0.29, 0.717) is 31.1 Å². The first-order chi connectivity index (χ1) is 8.82. The van der Waals surface area contributed by atoms with Gasteiger partial charge in [0.25, 0.3) is 0 Å². The van der Waals surface area contributed by atoms with Crippen LogP contribution < -0.4 is 10.8 Å². The monoisotopic (exact) mass is 274 g/mol. The summed E-state index contributed by atoms with van der Waals surface area (Å²) in [4.78, 5) is 5.28. The molecule has 0 amide bonds. The zero-order valence-electron chi connectivity index (χ0n) is 12.4. The summed E-state index contributed by atoms with van der Waals surface area (Å²) in [5, 5.41) is 26.9. The molecule has 1 unspecified atom stereocenters. The maximum absolute atomic E-state index is 9.00. The van der Waals surface area contributed by atoms with Gasteiger partial charge in [-0.15, -0.1) is 0 Å². The summed E-state index contributed by atoms with van der Waals surface area (Å²) in [6.07, 6.45) is 0. The molecular weight excluding hydrogens is 248 g/mol. The maximum atomic E-state index is 9.00. The van der Waals surface area contributed by atoms with Crippen molar-refractivity contribution in [1.29, 1.82) is 0 Å². The van der Waals surface area contributed by atoms with E-state index >= 15 is 0 Å². The molecule has 0 aliphatic carbocycles. The lowest BCUT2D eigenvalue weighted by molar-refractivity contribution is 0.0340. The molecule has 0 rings (SSSR count). The van der Waals surface area contributed by atoms with Gasteiger partial charge in [0.2, 0.25) is 0 Å². The zero-order chi connectivity index (χ0) is 14.9. The van der Waals surface area contributed by atoms with Crippen LogP contribution in [0.15, 0.2) is 10.3 Å². The minimum atomic E-state index is -0.225. The topological polar surface area (TPSA) is 98.5 Å². The molecule has 0 aliphatic rings. The highest BCUT2D eigenvalue weighted by molar-refractivity contribution is 5.93. The number of hydrogen-bond donors (Lipinski definition) is 4. The smallest absolute Gasteiger partial charge is 0.0813 e. The minimum absolute atomic E-state index is 0.175. The summed E-state index contributed by atoms with van der Waals surface area (Å²) >= 11 is 0. The number of hydroxylamine groups is 1. The van der Waals surface area contributed by atoms with Crippen LogP contribution in [-0.2, 0) is 4.84 Å². The molecule has 7 heteroatoms. The summed E-state index contributed by atoms with van der Waals surface area (Å²) in [6, 6.07) is -0.175. The number of nitrogens with one attached hydrogen (secondary N) is 2. The van der Waals surface area contributed by atoms with Crippen LogP contribution in [0.3, 0.4) is 0 Å². The van der Waals surface area contributed by atoms with Gasteiger partial charge in [-0.3, -0.25) is 4.84 Å². The summed E-state index contributed by atoms with van der Waals surface area (Å²) in [5.74, 6) is 0. The quantitative estimate of drug-likeness (QED) is 0.231. The van der Waals surface area contributed by atoms with E-state index in [0.717, 1.165) is 0 Å². The third kappa shape index (κ3) is 7.76. The highest BCUT2D eigenvalue weighted by Crippen LogP contribution is 2.18. The number of hydrogen-bond acceptors (Lipinski definition) is 7. The molecule has 0 aromatic heterocycles. The first-order valence-electron chi connectivity index (χ1n) is 6.31. The van der Waals surface area contributed by atoms with E-state index in [2.05, 4.69) is 21.1 Å². The lowest BCUT2D eigenvalue weighted by atomic mass is 9.86. The van der Waals surface area contributed by atoms with Crippen molar-refractivity contribution in [1.82, 2.24) is 10.8 Å². The van der Waals surface area contributed by atoms with E-state index in [1.807, 2.05) is 27.7 Å². The van der Waals surface area contributed by atoms with Crippen molar-refractivity contribution in [3.8, 4) is 0 Å². The highest BCUT2D eigenvalue weighted by atomic mass is 16.6. The van der Waals surface area contributed by atoms with Gasteiger partial charge in [0.15, 0.2) is 0 Å². The van der Waals surface area contributed by atoms with E-state index in [-0.39, 0.29) is 11.5 Å². The fraction of sp³-hybridized carbons (Fsp3) is 0.833. The molecule has 112 valence electrons. The Balaban J connectivity index is 3.84. The molecule has 0 bridgehead atoms. The van der Waals surface area contributed by atoms with Crippen LogP contribution in [0.5, 0.6) is 0 Å². The molecule has 0 saturated carbocycles. The van der Waals surface area contributed by atoms with Crippen LogP contribution in [-0.4, -0.2) is 47.6 Å². The Morgan fingerprint density at radius 2 is 1.89 bits per heavy atom. The van der Waals surface area contributed by atoms with Gasteiger partial charge in [-0.05, 0) is 13.8 Å². The van der Waals surface area contributed by atoms with Gasteiger partial charge in [-0.1, -0.05) is 31.1 Å². The summed E-state index contributed by atoms with van der Waals surface area (Å²) in [5.41, 5.74) is 3.85. The fourth-order valence-electron chi connectivity index (χ4n) is 1.55. The largest absolute Gasteiger partial charge is 0.411 e. The van der Waals surface area contributed by atoms with Crippen LogP contribution in [0.25, 0.3) is 0 Å². The molecule has 4 N–H and O–H groups in total. The van der Waals surface area contributed by atoms with Crippen molar-refractivity contribution >= 4 is 11.4 Å². The molecule has 0 fully saturated rings. The number of rotatable bonds is 8. The van der Waals surface area contributed by atoms with Crippen molar-refractivity contribution in [3.05, 3.63) is 0 Å². The Bertz CT molecular complexity index is 311. The molecule has 1 atom stereocenters. The molecule has 0 spiro atoms. The SMILES string of the molecule is C/C(CNCCONC(C)/C(=N\O)C(C)(C)C)=N\O. The Morgan fingerprint density at radius 1 is 1.26 bits per heavy atom. The first kappa shape index (κ1) is 17.8. The summed E-state index contributed by atoms with van der Waals surface area (Å²) in [7, 11) is 0. The maximum Gasteiger partial charge on any atom is 0.0813 e. The van der Waals surface area contributed by atoms with Crippen molar-refractivity contribution < 1.29 is 15.3 Å². The van der Waals surface area contributed by atoms with E-state index in [1.54, 1.807) is 6.92 Å². The van der Waals surface area contributed by atoms with Crippen molar-refractivity contribution in [3.63, 3.8) is 0 Å². The second kappa shape index (κ2) is 8.84. The van der Waals surface area contributed by atoms with E-state index in [4.69, 9.17) is 15.3 Å². The average molecular weight is 274 g/mol. The van der Waals surface area contributed by atoms with Gasteiger partial charge < -0.3 is 15.7 Å². The third-order valence-electron chi connectivity index (χ3n) is 2.48. The molecule has 0 heterocycles. The van der Waals surface area contributed by atoms with Crippen LogP contribution in [0.2, 0.25) is 0 Å².